The Kier molecular flexibility index (Phi) is 2.63. The molecule has 0 heterocycles. The Morgan fingerprint density at radius 1 is 1.86 bits per heavy atom. The van der Waals surface area contributed by atoms with Crippen molar-refractivity contribution in [3.63, 3.8) is 0 Å². The molecule has 1 atom stereocenters. The Labute approximate surface area is 44.6 Å². The van der Waals surface area contributed by atoms with E-state index >= 15 is 0 Å². The summed E-state index contributed by atoms with van der Waals surface area (Å²) >= 11 is 0. The summed E-state index contributed by atoms with van der Waals surface area (Å²) in [6.07, 6.45) is 0. The van der Waals surface area contributed by atoms with Gasteiger partial charge in [-0.2, -0.15) is 0 Å². The van der Waals surface area contributed by atoms with Crippen LogP contribution in [0.1, 0.15) is 0 Å². The summed E-state index contributed by atoms with van der Waals surface area (Å²) in [5, 5.41) is 0. The van der Waals surface area contributed by atoms with Gasteiger partial charge in [0.15, 0.2) is 7.37 Å². The van der Waals surface area contributed by atoms with Crippen LogP contribution < -0.4 is 0 Å². The van der Waals surface area contributed by atoms with E-state index in [1.54, 1.807) is 14.1 Å². The summed E-state index contributed by atoms with van der Waals surface area (Å²) in [6.45, 7) is 3.12. The average molecular weight is 119 g/mol. The number of hydrogen-bond donors (Lipinski definition) is 1. The smallest absolute Gasteiger partial charge is 0.190 e. The van der Waals surface area contributed by atoms with Crippen molar-refractivity contribution in [2.45, 2.75) is 6.82 Å². The zero-order chi connectivity index (χ0) is 5.91. The molecule has 0 saturated carbocycles. The molecule has 0 bridgehead atoms. The van der Waals surface area contributed by atoms with Gasteiger partial charge in [0.2, 0.25) is 0 Å². The van der Waals surface area contributed by atoms with Crippen LogP contribution in [-0.4, -0.2) is 24.9 Å². The fraction of sp³-hybridized carbons (Fsp3) is 1.00. The Balaban J connectivity index is 3.36. The maximum Gasteiger partial charge on any atom is 0.190 e. The lowest BCUT2D eigenvalue weighted by molar-refractivity contribution is 0.490. The molecule has 1 radical (unpaired) electrons. The standard InChI is InChI=1S/C3H9BO2P/c1-4-3-7(2,5)6/h3H2,1-2H3,(H,5,6). The fourth-order valence-electron chi connectivity index (χ4n) is 0.339. The molecule has 0 fully saturated rings. The van der Waals surface area contributed by atoms with Gasteiger partial charge < -0.3 is 4.89 Å². The second-order valence-electron chi connectivity index (χ2n) is 1.64. The summed E-state index contributed by atoms with van der Waals surface area (Å²) in [5.41, 5.74) is 0. The van der Waals surface area contributed by atoms with E-state index in [-0.39, 0.29) is 0 Å². The van der Waals surface area contributed by atoms with E-state index in [1.165, 1.54) is 6.66 Å². The molecular formula is C3H9BO2P. The van der Waals surface area contributed by atoms with E-state index in [1.807, 2.05) is 0 Å². The minimum absolute atomic E-state index is 0.326. The van der Waals surface area contributed by atoms with Crippen LogP contribution in [-0.2, 0) is 4.57 Å². The van der Waals surface area contributed by atoms with Crippen LogP contribution in [0, 0.1) is 0 Å². The molecule has 2 nitrogen and oxygen atoms in total. The molecule has 4 heteroatoms. The largest absolute Gasteiger partial charge is 0.345 e. The normalized spacial score (nSPS) is 18.1. The van der Waals surface area contributed by atoms with Gasteiger partial charge in [-0.05, 0) is 6.06 Å². The van der Waals surface area contributed by atoms with Crippen molar-refractivity contribution < 1.29 is 9.46 Å². The summed E-state index contributed by atoms with van der Waals surface area (Å²) < 4.78 is 10.3. The molecule has 0 aliphatic rings. The molecule has 0 aromatic heterocycles. The highest BCUT2D eigenvalue weighted by Gasteiger charge is 2.05. The Hall–Kier alpha value is 0.255. The van der Waals surface area contributed by atoms with Crippen molar-refractivity contribution in [3.05, 3.63) is 0 Å². The van der Waals surface area contributed by atoms with Gasteiger partial charge in [0, 0.05) is 6.66 Å². The minimum atomic E-state index is -2.72. The molecule has 1 N–H and O–H groups in total. The van der Waals surface area contributed by atoms with Crippen LogP contribution >= 0.6 is 7.37 Å². The zero-order valence-corrected chi connectivity index (χ0v) is 5.48. The van der Waals surface area contributed by atoms with Crippen LogP contribution in [0.4, 0.5) is 0 Å². The van der Waals surface area contributed by atoms with E-state index in [4.69, 9.17) is 4.89 Å². The molecule has 0 aliphatic heterocycles. The van der Waals surface area contributed by atoms with E-state index in [9.17, 15) is 4.57 Å². The van der Waals surface area contributed by atoms with E-state index in [2.05, 4.69) is 0 Å². The topological polar surface area (TPSA) is 37.3 Å². The molecule has 7 heavy (non-hydrogen) atoms. The predicted octanol–water partition coefficient (Wildman–Crippen LogP) is 0.596. The lowest BCUT2D eigenvalue weighted by Gasteiger charge is -1.97. The molecule has 0 rings (SSSR count). The lowest BCUT2D eigenvalue weighted by Crippen LogP contribution is -1.91. The van der Waals surface area contributed by atoms with Crippen LogP contribution in [0.5, 0.6) is 0 Å². The van der Waals surface area contributed by atoms with Crippen LogP contribution in [0.25, 0.3) is 0 Å². The van der Waals surface area contributed by atoms with Crippen molar-refractivity contribution in [1.82, 2.24) is 0 Å². The highest BCUT2D eigenvalue weighted by molar-refractivity contribution is 7.59. The van der Waals surface area contributed by atoms with Gasteiger partial charge in [-0.3, -0.25) is 4.57 Å². The van der Waals surface area contributed by atoms with Gasteiger partial charge in [-0.15, -0.1) is 0 Å². The minimum Gasteiger partial charge on any atom is -0.345 e. The molecule has 0 aliphatic carbocycles. The second-order valence-corrected chi connectivity index (χ2v) is 4.11. The van der Waals surface area contributed by atoms with Crippen LogP contribution in [0.3, 0.4) is 0 Å². The number of hydrogen-bond acceptors (Lipinski definition) is 1. The first-order valence-electron chi connectivity index (χ1n) is 2.13. The van der Waals surface area contributed by atoms with Gasteiger partial charge >= 0.3 is 0 Å². The van der Waals surface area contributed by atoms with E-state index in [0.29, 0.717) is 6.06 Å². The molecule has 0 amide bonds. The molecule has 0 aromatic rings. The van der Waals surface area contributed by atoms with Crippen molar-refractivity contribution >= 4 is 14.6 Å². The third-order valence-corrected chi connectivity index (χ3v) is 1.56. The summed E-state index contributed by atoms with van der Waals surface area (Å²) in [7, 11) is -1.03. The summed E-state index contributed by atoms with van der Waals surface area (Å²) in [4.78, 5) is 8.54. The highest BCUT2D eigenvalue weighted by atomic mass is 31.2. The molecule has 1 unspecified atom stereocenters. The van der Waals surface area contributed by atoms with Crippen LogP contribution in [0.15, 0.2) is 0 Å². The van der Waals surface area contributed by atoms with Crippen molar-refractivity contribution in [1.29, 1.82) is 0 Å². The average Bonchev–Trinajstić information content (AvgIpc) is 1.30. The van der Waals surface area contributed by atoms with Gasteiger partial charge in [0.1, 0.15) is 7.28 Å². The fourth-order valence-corrected chi connectivity index (χ4v) is 1.02. The first-order valence-corrected chi connectivity index (χ1v) is 4.42. The zero-order valence-electron chi connectivity index (χ0n) is 4.59. The first kappa shape index (κ1) is 7.25. The van der Waals surface area contributed by atoms with Gasteiger partial charge in [0.05, 0.1) is 0 Å². The molecular weight excluding hydrogens is 110 g/mol. The summed E-state index contributed by atoms with van der Waals surface area (Å²) in [6, 6.07) is 0.326. The highest BCUT2D eigenvalue weighted by Crippen LogP contribution is 2.33. The quantitative estimate of drug-likeness (QED) is 0.426. The van der Waals surface area contributed by atoms with Crippen molar-refractivity contribution in [2.75, 3.05) is 12.7 Å². The third kappa shape index (κ3) is 6.25. The maximum atomic E-state index is 10.3. The molecule has 0 spiro atoms. The number of rotatable bonds is 2. The van der Waals surface area contributed by atoms with E-state index < -0.39 is 7.37 Å². The van der Waals surface area contributed by atoms with Crippen molar-refractivity contribution in [2.24, 2.45) is 0 Å². The van der Waals surface area contributed by atoms with Crippen molar-refractivity contribution in [3.8, 4) is 0 Å². The monoisotopic (exact) mass is 119 g/mol. The van der Waals surface area contributed by atoms with Gasteiger partial charge in [-0.1, -0.05) is 6.82 Å². The van der Waals surface area contributed by atoms with Gasteiger partial charge in [0.25, 0.3) is 0 Å². The first-order chi connectivity index (χ1) is 3.06. The van der Waals surface area contributed by atoms with Gasteiger partial charge in [-0.25, -0.2) is 0 Å². The summed E-state index contributed by atoms with van der Waals surface area (Å²) in [5.74, 6) is 0. The molecule has 41 valence electrons. The Bertz CT molecular complexity index is 86.9. The van der Waals surface area contributed by atoms with Crippen LogP contribution in [0.2, 0.25) is 6.82 Å². The Morgan fingerprint density at radius 2 is 2.29 bits per heavy atom. The lowest BCUT2D eigenvalue weighted by atomic mass is 9.87. The molecule has 0 saturated heterocycles. The Morgan fingerprint density at radius 3 is 2.29 bits per heavy atom. The predicted molar refractivity (Wildman–Crippen MR) is 32.2 cm³/mol. The van der Waals surface area contributed by atoms with E-state index in [0.717, 1.165) is 0 Å². The third-order valence-electron chi connectivity index (χ3n) is 0.521. The SMILES string of the molecule is C[B]CP(C)(=O)O. The molecule has 0 aromatic carbocycles. The maximum absolute atomic E-state index is 10.3. The second kappa shape index (κ2) is 2.53.